The molecule has 0 atom stereocenters. The zero-order valence-corrected chi connectivity index (χ0v) is 12.0. The largest absolute Gasteiger partial charge is 0.352 e. The molecular weight excluding hydrogens is 228 g/mol. The van der Waals surface area contributed by atoms with Gasteiger partial charge in [0.2, 0.25) is 0 Å². The van der Waals surface area contributed by atoms with Crippen LogP contribution in [0.3, 0.4) is 0 Å². The van der Waals surface area contributed by atoms with Crippen LogP contribution in [0.1, 0.15) is 34.6 Å². The lowest BCUT2D eigenvalue weighted by Gasteiger charge is -2.21. The van der Waals surface area contributed by atoms with Gasteiger partial charge in [-0.1, -0.05) is 27.0 Å². The first-order valence-corrected chi connectivity index (χ1v) is 6.03. The summed E-state index contributed by atoms with van der Waals surface area (Å²) in [6.07, 6.45) is 0. The molecule has 0 aliphatic heterocycles. The van der Waals surface area contributed by atoms with Crippen LogP contribution in [-0.2, 0) is 9.59 Å². The lowest BCUT2D eigenvalue weighted by atomic mass is 10.0. The monoisotopic (exact) mass is 252 g/mol. The minimum absolute atomic E-state index is 0.103. The molecule has 0 aromatic heterocycles. The van der Waals surface area contributed by atoms with E-state index in [9.17, 15) is 9.59 Å². The molecule has 0 fully saturated rings. The zero-order valence-electron chi connectivity index (χ0n) is 12.0. The summed E-state index contributed by atoms with van der Waals surface area (Å²) in [7, 11) is 0. The van der Waals surface area contributed by atoms with Crippen molar-refractivity contribution in [2.24, 2.45) is 5.92 Å². The van der Waals surface area contributed by atoms with Gasteiger partial charge < -0.3 is 10.6 Å². The van der Waals surface area contributed by atoms with Crippen LogP contribution in [0.25, 0.3) is 0 Å². The SMILES string of the molecule is C=C(C(=C)C(=O)NC(C)(C)C)C(=O)NCC(C)C. The van der Waals surface area contributed by atoms with Gasteiger partial charge in [0.05, 0.1) is 0 Å². The predicted octanol–water partition coefficient (Wildman–Crippen LogP) is 1.79. The summed E-state index contributed by atoms with van der Waals surface area (Å²) in [5, 5.41) is 5.44. The molecule has 0 heterocycles. The Kier molecular flexibility index (Phi) is 5.82. The average Bonchev–Trinajstić information content (AvgIpc) is 2.21. The fourth-order valence-corrected chi connectivity index (χ4v) is 1.09. The molecule has 0 saturated heterocycles. The zero-order chi connectivity index (χ0) is 14.5. The van der Waals surface area contributed by atoms with Crippen LogP contribution < -0.4 is 10.6 Å². The van der Waals surface area contributed by atoms with Gasteiger partial charge in [-0.05, 0) is 26.7 Å². The third-order valence-electron chi connectivity index (χ3n) is 2.07. The molecule has 0 unspecified atom stereocenters. The number of hydrogen-bond acceptors (Lipinski definition) is 2. The van der Waals surface area contributed by atoms with Gasteiger partial charge in [0.15, 0.2) is 0 Å². The summed E-state index contributed by atoms with van der Waals surface area (Å²) in [5.41, 5.74) is -0.155. The fraction of sp³-hybridized carbons (Fsp3) is 0.571. The Morgan fingerprint density at radius 2 is 1.50 bits per heavy atom. The normalized spacial score (nSPS) is 11.0. The van der Waals surface area contributed by atoms with Crippen molar-refractivity contribution >= 4 is 11.8 Å². The van der Waals surface area contributed by atoms with Crippen LogP contribution in [0.15, 0.2) is 24.3 Å². The molecule has 0 aromatic rings. The molecule has 2 N–H and O–H groups in total. The first-order valence-electron chi connectivity index (χ1n) is 6.03. The maximum atomic E-state index is 11.8. The smallest absolute Gasteiger partial charge is 0.251 e. The van der Waals surface area contributed by atoms with Gasteiger partial charge in [-0.25, -0.2) is 0 Å². The molecule has 0 saturated carbocycles. The summed E-state index contributed by atoms with van der Waals surface area (Å²) >= 11 is 0. The van der Waals surface area contributed by atoms with Crippen LogP contribution in [0.5, 0.6) is 0 Å². The molecule has 4 heteroatoms. The summed E-state index contributed by atoms with van der Waals surface area (Å²) in [5.74, 6) is -0.372. The van der Waals surface area contributed by atoms with E-state index in [1.54, 1.807) is 0 Å². The number of amides is 2. The first-order chi connectivity index (χ1) is 8.04. The highest BCUT2D eigenvalue weighted by atomic mass is 16.2. The van der Waals surface area contributed by atoms with Crippen molar-refractivity contribution in [3.05, 3.63) is 24.3 Å². The van der Waals surface area contributed by atoms with E-state index < -0.39 is 0 Å². The molecule has 4 nitrogen and oxygen atoms in total. The lowest BCUT2D eigenvalue weighted by molar-refractivity contribution is -0.121. The number of rotatable bonds is 5. The summed E-state index contributed by atoms with van der Waals surface area (Å²) < 4.78 is 0. The second kappa shape index (κ2) is 6.38. The van der Waals surface area contributed by atoms with Gasteiger partial charge in [0.25, 0.3) is 11.8 Å². The summed E-state index contributed by atoms with van der Waals surface area (Å²) in [6.45, 7) is 17.3. The molecule has 0 bridgehead atoms. The molecular formula is C14H24N2O2. The van der Waals surface area contributed by atoms with Gasteiger partial charge >= 0.3 is 0 Å². The minimum Gasteiger partial charge on any atom is -0.352 e. The first kappa shape index (κ1) is 16.4. The van der Waals surface area contributed by atoms with E-state index in [0.29, 0.717) is 12.5 Å². The van der Waals surface area contributed by atoms with Crippen molar-refractivity contribution in [3.8, 4) is 0 Å². The molecule has 0 aliphatic carbocycles. The molecule has 0 aliphatic rings. The molecule has 102 valence electrons. The van der Waals surface area contributed by atoms with Crippen LogP contribution in [0.2, 0.25) is 0 Å². The van der Waals surface area contributed by atoms with E-state index in [0.717, 1.165) is 0 Å². The lowest BCUT2D eigenvalue weighted by Crippen LogP contribution is -2.42. The highest BCUT2D eigenvalue weighted by Gasteiger charge is 2.20. The molecule has 0 spiro atoms. The third kappa shape index (κ3) is 6.23. The van der Waals surface area contributed by atoms with Crippen molar-refractivity contribution < 1.29 is 9.59 Å². The second-order valence-electron chi connectivity index (χ2n) is 5.77. The summed E-state index contributed by atoms with van der Waals surface area (Å²) in [6, 6.07) is 0. The van der Waals surface area contributed by atoms with Gasteiger partial charge in [0.1, 0.15) is 0 Å². The third-order valence-corrected chi connectivity index (χ3v) is 2.07. The molecule has 0 radical (unpaired) electrons. The van der Waals surface area contributed by atoms with E-state index in [-0.39, 0.29) is 28.5 Å². The Bertz CT molecular complexity index is 362. The maximum Gasteiger partial charge on any atom is 0.251 e. The molecule has 0 rings (SSSR count). The maximum absolute atomic E-state index is 11.8. The van der Waals surface area contributed by atoms with E-state index in [1.807, 2.05) is 34.6 Å². The van der Waals surface area contributed by atoms with Crippen molar-refractivity contribution in [3.63, 3.8) is 0 Å². The van der Waals surface area contributed by atoms with Crippen LogP contribution in [0.4, 0.5) is 0 Å². The highest BCUT2D eigenvalue weighted by Crippen LogP contribution is 2.08. The van der Waals surface area contributed by atoms with Crippen molar-refractivity contribution in [2.75, 3.05) is 6.54 Å². The van der Waals surface area contributed by atoms with Crippen LogP contribution >= 0.6 is 0 Å². The van der Waals surface area contributed by atoms with E-state index in [1.165, 1.54) is 0 Å². The minimum atomic E-state index is -0.368. The van der Waals surface area contributed by atoms with E-state index >= 15 is 0 Å². The van der Waals surface area contributed by atoms with Crippen molar-refractivity contribution in [1.29, 1.82) is 0 Å². The Balaban J connectivity index is 4.47. The topological polar surface area (TPSA) is 58.2 Å². The molecule has 0 aromatic carbocycles. The second-order valence-corrected chi connectivity index (χ2v) is 5.77. The molecule has 18 heavy (non-hydrogen) atoms. The standard InChI is InChI=1S/C14H24N2O2/c1-9(2)8-15-12(17)10(3)11(4)13(18)16-14(5,6)7/h9H,3-4,8H2,1-2,5-7H3,(H,15,17)(H,16,18). The van der Waals surface area contributed by atoms with E-state index in [4.69, 9.17) is 0 Å². The van der Waals surface area contributed by atoms with Crippen LogP contribution in [0, 0.1) is 5.92 Å². The Morgan fingerprint density at radius 1 is 1.06 bits per heavy atom. The van der Waals surface area contributed by atoms with Crippen molar-refractivity contribution in [2.45, 2.75) is 40.2 Å². The molecule has 2 amide bonds. The summed E-state index contributed by atoms with van der Waals surface area (Å²) in [4.78, 5) is 23.5. The van der Waals surface area contributed by atoms with Gasteiger partial charge in [-0.3, -0.25) is 9.59 Å². The number of hydrogen-bond donors (Lipinski definition) is 2. The Hall–Kier alpha value is -1.58. The Labute approximate surface area is 110 Å². The number of nitrogens with one attached hydrogen (secondary N) is 2. The highest BCUT2D eigenvalue weighted by molar-refractivity contribution is 6.10. The quantitative estimate of drug-likeness (QED) is 0.579. The van der Waals surface area contributed by atoms with Crippen LogP contribution in [-0.4, -0.2) is 23.9 Å². The van der Waals surface area contributed by atoms with Crippen molar-refractivity contribution in [1.82, 2.24) is 10.6 Å². The number of carbonyl (C=O) groups excluding carboxylic acids is 2. The predicted molar refractivity (Wildman–Crippen MR) is 74.0 cm³/mol. The van der Waals surface area contributed by atoms with E-state index in [2.05, 4.69) is 23.8 Å². The number of carbonyl (C=O) groups is 2. The average molecular weight is 252 g/mol. The van der Waals surface area contributed by atoms with Gasteiger partial charge in [-0.15, -0.1) is 0 Å². The van der Waals surface area contributed by atoms with Gasteiger partial charge in [-0.2, -0.15) is 0 Å². The fourth-order valence-electron chi connectivity index (χ4n) is 1.09. The van der Waals surface area contributed by atoms with Gasteiger partial charge in [0, 0.05) is 23.2 Å². The Morgan fingerprint density at radius 3 is 1.89 bits per heavy atom.